The summed E-state index contributed by atoms with van der Waals surface area (Å²) in [6, 6.07) is 15.9. The number of phenolic OH excluding ortho intramolecular Hbond substituents is 1. The van der Waals surface area contributed by atoms with E-state index in [1.54, 1.807) is 12.1 Å². The van der Waals surface area contributed by atoms with Gasteiger partial charge in [-0.15, -0.1) is 11.8 Å². The molecule has 0 heterocycles. The second-order valence-electron chi connectivity index (χ2n) is 4.39. The molecule has 2 aromatic carbocycles. The molecular formula is C16H19NOS. The third kappa shape index (κ3) is 3.67. The number of nitrogens with one attached hydrogen (secondary N) is 1. The van der Waals surface area contributed by atoms with Crippen LogP contribution in [0.25, 0.3) is 0 Å². The first kappa shape index (κ1) is 13.8. The molecule has 0 amide bonds. The highest BCUT2D eigenvalue weighted by atomic mass is 32.2. The molecule has 0 aliphatic rings. The van der Waals surface area contributed by atoms with E-state index in [1.807, 2.05) is 30.0 Å². The molecule has 0 fully saturated rings. The van der Waals surface area contributed by atoms with Crippen LogP contribution in [0.1, 0.15) is 25.5 Å². The fourth-order valence-electron chi connectivity index (χ4n) is 1.95. The van der Waals surface area contributed by atoms with Gasteiger partial charge in [0.1, 0.15) is 5.75 Å². The predicted octanol–water partition coefficient (Wildman–Crippen LogP) is 4.68. The van der Waals surface area contributed by atoms with Crippen LogP contribution in [0.5, 0.6) is 5.75 Å². The summed E-state index contributed by atoms with van der Waals surface area (Å²) >= 11 is 1.84. The molecule has 0 saturated heterocycles. The molecule has 100 valence electrons. The van der Waals surface area contributed by atoms with Gasteiger partial charge in [-0.1, -0.05) is 31.2 Å². The second kappa shape index (κ2) is 6.53. The van der Waals surface area contributed by atoms with Gasteiger partial charge in [0.05, 0.1) is 0 Å². The molecule has 2 aromatic rings. The molecule has 0 saturated carbocycles. The molecule has 0 aromatic heterocycles. The van der Waals surface area contributed by atoms with Crippen molar-refractivity contribution >= 4 is 17.4 Å². The highest BCUT2D eigenvalue weighted by Crippen LogP contribution is 2.30. The Labute approximate surface area is 118 Å². The number of phenols is 1. The SMILES string of the molecule is CCSc1ccccc1NC(C)c1ccc(O)cc1. The van der Waals surface area contributed by atoms with E-state index in [0.29, 0.717) is 5.75 Å². The van der Waals surface area contributed by atoms with E-state index in [-0.39, 0.29) is 6.04 Å². The van der Waals surface area contributed by atoms with Gasteiger partial charge in [-0.3, -0.25) is 0 Å². The number of anilines is 1. The largest absolute Gasteiger partial charge is 0.508 e. The normalized spacial score (nSPS) is 12.1. The Kier molecular flexibility index (Phi) is 4.74. The summed E-state index contributed by atoms with van der Waals surface area (Å²) in [5.74, 6) is 1.37. The summed E-state index contributed by atoms with van der Waals surface area (Å²) in [7, 11) is 0. The first-order chi connectivity index (χ1) is 9.20. The Bertz CT molecular complexity index is 525. The van der Waals surface area contributed by atoms with Crippen molar-refractivity contribution in [3.63, 3.8) is 0 Å². The van der Waals surface area contributed by atoms with Crippen molar-refractivity contribution in [2.24, 2.45) is 0 Å². The summed E-state index contributed by atoms with van der Waals surface area (Å²) in [6.07, 6.45) is 0. The minimum Gasteiger partial charge on any atom is -0.508 e. The lowest BCUT2D eigenvalue weighted by molar-refractivity contribution is 0.475. The van der Waals surface area contributed by atoms with Crippen LogP contribution >= 0.6 is 11.8 Å². The molecule has 0 bridgehead atoms. The van der Waals surface area contributed by atoms with Crippen LogP contribution in [0.2, 0.25) is 0 Å². The molecular weight excluding hydrogens is 254 g/mol. The van der Waals surface area contributed by atoms with Crippen LogP contribution in [0.15, 0.2) is 53.4 Å². The molecule has 2 N–H and O–H groups in total. The smallest absolute Gasteiger partial charge is 0.115 e. The number of para-hydroxylation sites is 1. The topological polar surface area (TPSA) is 32.3 Å². The molecule has 2 rings (SSSR count). The molecule has 0 spiro atoms. The monoisotopic (exact) mass is 273 g/mol. The minimum absolute atomic E-state index is 0.208. The van der Waals surface area contributed by atoms with E-state index in [0.717, 1.165) is 17.0 Å². The van der Waals surface area contributed by atoms with E-state index < -0.39 is 0 Å². The van der Waals surface area contributed by atoms with Crippen LogP contribution in [0.4, 0.5) is 5.69 Å². The lowest BCUT2D eigenvalue weighted by atomic mass is 10.1. The first-order valence-corrected chi connectivity index (χ1v) is 7.46. The highest BCUT2D eigenvalue weighted by Gasteiger charge is 2.08. The number of aromatic hydroxyl groups is 1. The third-order valence-corrected chi connectivity index (χ3v) is 3.91. The number of hydrogen-bond donors (Lipinski definition) is 2. The Morgan fingerprint density at radius 2 is 1.79 bits per heavy atom. The van der Waals surface area contributed by atoms with Crippen LogP contribution in [0.3, 0.4) is 0 Å². The zero-order valence-corrected chi connectivity index (χ0v) is 12.1. The Morgan fingerprint density at radius 1 is 1.11 bits per heavy atom. The first-order valence-electron chi connectivity index (χ1n) is 6.48. The van der Waals surface area contributed by atoms with Crippen LogP contribution in [0, 0.1) is 0 Å². The number of rotatable bonds is 5. The Hall–Kier alpha value is -1.61. The molecule has 0 aliphatic carbocycles. The molecule has 19 heavy (non-hydrogen) atoms. The molecule has 3 heteroatoms. The highest BCUT2D eigenvalue weighted by molar-refractivity contribution is 7.99. The maximum absolute atomic E-state index is 9.32. The van der Waals surface area contributed by atoms with Gasteiger partial charge in [-0.2, -0.15) is 0 Å². The summed E-state index contributed by atoms with van der Waals surface area (Å²) in [5.41, 5.74) is 2.32. The molecule has 2 nitrogen and oxygen atoms in total. The van der Waals surface area contributed by atoms with Crippen molar-refractivity contribution in [3.05, 3.63) is 54.1 Å². The Balaban J connectivity index is 2.14. The molecule has 1 unspecified atom stereocenters. The summed E-state index contributed by atoms with van der Waals surface area (Å²) in [6.45, 7) is 4.28. The van der Waals surface area contributed by atoms with Crippen molar-refractivity contribution < 1.29 is 5.11 Å². The van der Waals surface area contributed by atoms with Crippen molar-refractivity contribution in [2.75, 3.05) is 11.1 Å². The quantitative estimate of drug-likeness (QED) is 0.776. The van der Waals surface area contributed by atoms with Crippen LogP contribution in [-0.4, -0.2) is 10.9 Å². The van der Waals surface area contributed by atoms with Crippen LogP contribution < -0.4 is 5.32 Å². The van der Waals surface area contributed by atoms with E-state index in [2.05, 4.69) is 37.4 Å². The number of thioether (sulfide) groups is 1. The van der Waals surface area contributed by atoms with Crippen molar-refractivity contribution in [2.45, 2.75) is 24.8 Å². The fraction of sp³-hybridized carbons (Fsp3) is 0.250. The second-order valence-corrected chi connectivity index (χ2v) is 5.69. The van der Waals surface area contributed by atoms with Crippen LogP contribution in [-0.2, 0) is 0 Å². The maximum atomic E-state index is 9.32. The standard InChI is InChI=1S/C16H19NOS/c1-3-19-16-7-5-4-6-15(16)17-12(2)13-8-10-14(18)11-9-13/h4-12,17-18H,3H2,1-2H3. The third-order valence-electron chi connectivity index (χ3n) is 2.95. The summed E-state index contributed by atoms with van der Waals surface area (Å²) < 4.78 is 0. The summed E-state index contributed by atoms with van der Waals surface area (Å²) in [4.78, 5) is 1.27. The van der Waals surface area contributed by atoms with Crippen molar-refractivity contribution in [1.82, 2.24) is 0 Å². The lowest BCUT2D eigenvalue weighted by Crippen LogP contribution is -2.07. The van der Waals surface area contributed by atoms with Gasteiger partial charge in [0.2, 0.25) is 0 Å². The Morgan fingerprint density at radius 3 is 2.47 bits per heavy atom. The minimum atomic E-state index is 0.208. The fourth-order valence-corrected chi connectivity index (χ4v) is 2.72. The van der Waals surface area contributed by atoms with Gasteiger partial charge in [0.25, 0.3) is 0 Å². The zero-order valence-electron chi connectivity index (χ0n) is 11.3. The lowest BCUT2D eigenvalue weighted by Gasteiger charge is -2.18. The van der Waals surface area contributed by atoms with Gasteiger partial charge in [-0.05, 0) is 42.5 Å². The summed E-state index contributed by atoms with van der Waals surface area (Å²) in [5, 5.41) is 12.8. The molecule has 0 aliphatic heterocycles. The van der Waals surface area contributed by atoms with Gasteiger partial charge >= 0.3 is 0 Å². The van der Waals surface area contributed by atoms with Gasteiger partial charge in [-0.25, -0.2) is 0 Å². The zero-order chi connectivity index (χ0) is 13.7. The average Bonchev–Trinajstić information content (AvgIpc) is 2.42. The van der Waals surface area contributed by atoms with E-state index >= 15 is 0 Å². The maximum Gasteiger partial charge on any atom is 0.115 e. The molecule has 1 atom stereocenters. The molecule has 0 radical (unpaired) electrons. The van der Waals surface area contributed by atoms with Gasteiger partial charge < -0.3 is 10.4 Å². The van der Waals surface area contributed by atoms with Crippen molar-refractivity contribution in [3.8, 4) is 5.75 Å². The predicted molar refractivity (Wildman–Crippen MR) is 83.0 cm³/mol. The van der Waals surface area contributed by atoms with E-state index in [4.69, 9.17) is 0 Å². The van der Waals surface area contributed by atoms with Crippen molar-refractivity contribution in [1.29, 1.82) is 0 Å². The average molecular weight is 273 g/mol. The van der Waals surface area contributed by atoms with E-state index in [1.165, 1.54) is 4.90 Å². The number of hydrogen-bond acceptors (Lipinski definition) is 3. The van der Waals surface area contributed by atoms with E-state index in [9.17, 15) is 5.11 Å². The van der Waals surface area contributed by atoms with Gasteiger partial charge in [0.15, 0.2) is 0 Å². The number of benzene rings is 2. The van der Waals surface area contributed by atoms with Gasteiger partial charge in [0, 0.05) is 16.6 Å².